The van der Waals surface area contributed by atoms with Crippen LogP contribution in [0.25, 0.3) is 22.2 Å². The number of aromatic nitrogens is 1. The summed E-state index contributed by atoms with van der Waals surface area (Å²) in [6, 6.07) is 24.1. The number of carbonyl (C=O) groups is 1. The Morgan fingerprint density at radius 1 is 1.03 bits per heavy atom. The van der Waals surface area contributed by atoms with Gasteiger partial charge in [0, 0.05) is 33.8 Å². The average Bonchev–Trinajstić information content (AvgIpc) is 3.72. The van der Waals surface area contributed by atoms with Crippen molar-refractivity contribution < 1.29 is 13.4 Å². The minimum atomic E-state index is -0.983. The third kappa shape index (κ3) is 5.54. The molecule has 1 aliphatic rings. The Labute approximate surface area is 213 Å². The molecule has 1 aromatic heterocycles. The first-order valence-electron chi connectivity index (χ1n) is 12.3. The molecule has 4 nitrogen and oxygen atoms in total. The van der Waals surface area contributed by atoms with Gasteiger partial charge >= 0.3 is 0 Å². The molecule has 2 unspecified atom stereocenters. The van der Waals surface area contributed by atoms with Crippen molar-refractivity contribution in [1.29, 1.82) is 0 Å². The number of rotatable bonds is 9. The predicted molar refractivity (Wildman–Crippen MR) is 144 cm³/mol. The van der Waals surface area contributed by atoms with Crippen molar-refractivity contribution in [2.45, 2.75) is 31.7 Å². The number of pyridine rings is 1. The lowest BCUT2D eigenvalue weighted by Crippen LogP contribution is -2.31. The van der Waals surface area contributed by atoms with Crippen LogP contribution in [0.1, 0.15) is 35.6 Å². The second-order valence-electron chi connectivity index (χ2n) is 9.44. The van der Waals surface area contributed by atoms with Crippen LogP contribution in [0.2, 0.25) is 0 Å². The third-order valence-electron chi connectivity index (χ3n) is 6.75. The van der Waals surface area contributed by atoms with Crippen LogP contribution >= 0.6 is 0 Å². The van der Waals surface area contributed by atoms with Crippen LogP contribution < -0.4 is 5.32 Å². The zero-order chi connectivity index (χ0) is 25.1. The summed E-state index contributed by atoms with van der Waals surface area (Å²) in [7, 11) is -0.983. The Morgan fingerprint density at radius 2 is 1.78 bits per heavy atom. The zero-order valence-electron chi connectivity index (χ0n) is 20.2. The highest BCUT2D eigenvalue weighted by Gasteiger charge is 2.34. The van der Waals surface area contributed by atoms with Crippen LogP contribution in [-0.4, -0.2) is 27.1 Å². The predicted octanol–water partition coefficient (Wildman–Crippen LogP) is 5.77. The van der Waals surface area contributed by atoms with Gasteiger partial charge in [-0.15, -0.1) is 0 Å². The van der Waals surface area contributed by atoms with Gasteiger partial charge in [0.2, 0.25) is 5.91 Å². The van der Waals surface area contributed by atoms with Gasteiger partial charge in [0.25, 0.3) is 0 Å². The molecule has 184 valence electrons. The summed E-state index contributed by atoms with van der Waals surface area (Å²) < 4.78 is 26.0. The van der Waals surface area contributed by atoms with Gasteiger partial charge in [-0.05, 0) is 60.1 Å². The first-order valence-corrected chi connectivity index (χ1v) is 14.0. The van der Waals surface area contributed by atoms with Crippen molar-refractivity contribution in [2.24, 2.45) is 5.92 Å². The number of hydrogen-bond donors (Lipinski definition) is 1. The van der Waals surface area contributed by atoms with Crippen LogP contribution in [0.3, 0.4) is 0 Å². The monoisotopic (exact) mass is 500 g/mol. The molecule has 5 rings (SSSR count). The number of carbonyl (C=O) groups excluding carboxylic acids is 1. The van der Waals surface area contributed by atoms with E-state index in [4.69, 9.17) is 4.98 Å². The molecule has 1 heterocycles. The smallest absolute Gasteiger partial charge is 0.224 e. The van der Waals surface area contributed by atoms with E-state index < -0.39 is 10.8 Å². The van der Waals surface area contributed by atoms with Gasteiger partial charge in [-0.25, -0.2) is 9.37 Å². The van der Waals surface area contributed by atoms with Gasteiger partial charge < -0.3 is 5.32 Å². The number of halogens is 1. The van der Waals surface area contributed by atoms with E-state index in [1.54, 1.807) is 12.3 Å². The van der Waals surface area contributed by atoms with Crippen LogP contribution in [0, 0.1) is 11.7 Å². The second kappa shape index (κ2) is 10.7. The molecule has 1 aliphatic carbocycles. The van der Waals surface area contributed by atoms with Gasteiger partial charge in [0.1, 0.15) is 5.82 Å². The number of amides is 1. The molecule has 0 spiro atoms. The van der Waals surface area contributed by atoms with E-state index >= 15 is 0 Å². The van der Waals surface area contributed by atoms with E-state index in [2.05, 4.69) is 5.32 Å². The second-order valence-corrected chi connectivity index (χ2v) is 11.0. The van der Waals surface area contributed by atoms with E-state index in [9.17, 15) is 13.4 Å². The first-order chi connectivity index (χ1) is 17.5. The average molecular weight is 501 g/mol. The third-order valence-corrected chi connectivity index (χ3v) is 7.53. The fourth-order valence-electron chi connectivity index (χ4n) is 4.86. The van der Waals surface area contributed by atoms with Gasteiger partial charge in [0.15, 0.2) is 0 Å². The van der Waals surface area contributed by atoms with E-state index in [1.165, 1.54) is 12.1 Å². The Balaban J connectivity index is 1.55. The summed E-state index contributed by atoms with van der Waals surface area (Å²) in [5.74, 6) is 0.412. The Kier molecular flexibility index (Phi) is 7.23. The van der Waals surface area contributed by atoms with E-state index in [1.807, 2.05) is 60.7 Å². The van der Waals surface area contributed by atoms with Crippen molar-refractivity contribution in [3.05, 3.63) is 101 Å². The molecule has 0 bridgehead atoms. The Bertz CT molecular complexity index is 1420. The molecule has 0 radical (unpaired) electrons. The maximum Gasteiger partial charge on any atom is 0.224 e. The molecule has 4 aromatic rings. The molecule has 1 N–H and O–H groups in total. The van der Waals surface area contributed by atoms with Crippen LogP contribution in [0.4, 0.5) is 4.39 Å². The first kappa shape index (κ1) is 24.3. The minimum absolute atomic E-state index is 0.106. The number of hydrogen-bond acceptors (Lipinski definition) is 3. The SMILES string of the molecule is CS(=O)CCc1c(-c2ccccc2)nc2ccccc2c1CC(=O)NC(c1cccc(F)c1)C1CC1. The van der Waals surface area contributed by atoms with E-state index in [-0.39, 0.29) is 24.2 Å². The standard InChI is InChI=1S/C30H29FN2O2S/c1-36(35)17-16-25-26(19-28(34)33-29(21-14-15-21)22-10-7-11-23(31)18-22)24-12-5-6-13-27(24)32-30(25)20-8-3-2-4-9-20/h2-13,18,21,29H,14-17,19H2,1H3,(H,33,34). The molecule has 1 fully saturated rings. The fraction of sp³-hybridized carbons (Fsp3) is 0.267. The van der Waals surface area contributed by atoms with Crippen molar-refractivity contribution >= 4 is 27.6 Å². The molecular formula is C30H29FN2O2S. The highest BCUT2D eigenvalue weighted by molar-refractivity contribution is 7.84. The Morgan fingerprint density at radius 3 is 2.50 bits per heavy atom. The molecule has 36 heavy (non-hydrogen) atoms. The maximum absolute atomic E-state index is 13.9. The lowest BCUT2D eigenvalue weighted by molar-refractivity contribution is -0.121. The zero-order valence-corrected chi connectivity index (χ0v) is 21.1. The molecule has 0 aliphatic heterocycles. The molecule has 1 saturated carbocycles. The number of nitrogens with zero attached hydrogens (tertiary/aromatic N) is 1. The summed E-state index contributed by atoms with van der Waals surface area (Å²) in [6.07, 6.45) is 4.47. The van der Waals surface area contributed by atoms with Crippen LogP contribution in [0.5, 0.6) is 0 Å². The van der Waals surface area contributed by atoms with Crippen LogP contribution in [-0.2, 0) is 28.4 Å². The summed E-state index contributed by atoms with van der Waals surface area (Å²) in [4.78, 5) is 18.5. The van der Waals surface area contributed by atoms with Crippen molar-refractivity contribution in [3.63, 3.8) is 0 Å². The molecule has 0 saturated heterocycles. The molecule has 2 atom stereocenters. The van der Waals surface area contributed by atoms with E-state index in [0.717, 1.165) is 51.7 Å². The van der Waals surface area contributed by atoms with Gasteiger partial charge in [-0.3, -0.25) is 9.00 Å². The maximum atomic E-state index is 13.9. The van der Waals surface area contributed by atoms with Gasteiger partial charge in [-0.1, -0.05) is 60.7 Å². The molecule has 1 amide bonds. The van der Waals surface area contributed by atoms with Crippen molar-refractivity contribution in [2.75, 3.05) is 12.0 Å². The number of benzene rings is 3. The molecule has 6 heteroatoms. The largest absolute Gasteiger partial charge is 0.349 e. The summed E-state index contributed by atoms with van der Waals surface area (Å²) in [6.45, 7) is 0. The summed E-state index contributed by atoms with van der Waals surface area (Å²) in [5, 5.41) is 4.13. The lowest BCUT2D eigenvalue weighted by atomic mass is 9.92. The highest BCUT2D eigenvalue weighted by atomic mass is 32.2. The van der Waals surface area contributed by atoms with Crippen molar-refractivity contribution in [1.82, 2.24) is 10.3 Å². The minimum Gasteiger partial charge on any atom is -0.349 e. The van der Waals surface area contributed by atoms with Gasteiger partial charge in [0.05, 0.1) is 23.7 Å². The topological polar surface area (TPSA) is 59.1 Å². The lowest BCUT2D eigenvalue weighted by Gasteiger charge is -2.21. The highest BCUT2D eigenvalue weighted by Crippen LogP contribution is 2.41. The quantitative estimate of drug-likeness (QED) is 0.317. The van der Waals surface area contributed by atoms with E-state index in [0.29, 0.717) is 18.1 Å². The number of nitrogens with one attached hydrogen (secondary N) is 1. The molecule has 3 aromatic carbocycles. The number of fused-ring (bicyclic) bond motifs is 1. The van der Waals surface area contributed by atoms with Crippen molar-refractivity contribution in [3.8, 4) is 11.3 Å². The normalized spacial score (nSPS) is 14.9. The summed E-state index contributed by atoms with van der Waals surface area (Å²) in [5.41, 5.74) is 5.29. The number of para-hydroxylation sites is 1. The fourth-order valence-corrected chi connectivity index (χ4v) is 5.35. The van der Waals surface area contributed by atoms with Gasteiger partial charge in [-0.2, -0.15) is 0 Å². The molecular weight excluding hydrogens is 471 g/mol. The van der Waals surface area contributed by atoms with Crippen LogP contribution in [0.15, 0.2) is 78.9 Å². The Hall–Kier alpha value is -3.38. The summed E-state index contributed by atoms with van der Waals surface area (Å²) >= 11 is 0.